The molecule has 0 radical (unpaired) electrons. The van der Waals surface area contributed by atoms with Crippen molar-refractivity contribution in [3.05, 3.63) is 24.3 Å². The zero-order chi connectivity index (χ0) is 10.4. The van der Waals surface area contributed by atoms with Gasteiger partial charge in [0.15, 0.2) is 0 Å². The maximum Gasteiger partial charge on any atom is 0.0353 e. The molecule has 0 aliphatic carbocycles. The Balaban J connectivity index is 2.57. The lowest BCUT2D eigenvalue weighted by Gasteiger charge is -2.14. The quantitative estimate of drug-likeness (QED) is 0.735. The van der Waals surface area contributed by atoms with Gasteiger partial charge in [-0.1, -0.05) is 19.4 Å². The van der Waals surface area contributed by atoms with Gasteiger partial charge in [-0.25, -0.2) is 0 Å². The van der Waals surface area contributed by atoms with Crippen molar-refractivity contribution in [1.29, 1.82) is 0 Å². The van der Waals surface area contributed by atoms with Crippen LogP contribution in [0.25, 0.3) is 0 Å². The highest BCUT2D eigenvalue weighted by atomic mass is 32.2. The smallest absolute Gasteiger partial charge is 0.0353 e. The standard InChI is InChI=1S/C12H19NS/c1-4-6-10(2)13-11-7-5-8-12(9-11)14-3/h5,7-10,13H,4,6H2,1-3H3/t10-/m1/s1. The van der Waals surface area contributed by atoms with E-state index in [1.165, 1.54) is 23.4 Å². The third-order valence-corrected chi connectivity index (χ3v) is 2.93. The normalized spacial score (nSPS) is 12.5. The van der Waals surface area contributed by atoms with Crippen LogP contribution in [0.5, 0.6) is 0 Å². The van der Waals surface area contributed by atoms with Gasteiger partial charge >= 0.3 is 0 Å². The van der Waals surface area contributed by atoms with Crippen LogP contribution < -0.4 is 5.32 Å². The van der Waals surface area contributed by atoms with E-state index in [1.54, 1.807) is 11.8 Å². The molecule has 0 aliphatic rings. The van der Waals surface area contributed by atoms with Gasteiger partial charge < -0.3 is 5.32 Å². The van der Waals surface area contributed by atoms with Crippen molar-refractivity contribution in [2.45, 2.75) is 37.6 Å². The van der Waals surface area contributed by atoms with Gasteiger partial charge in [-0.05, 0) is 37.8 Å². The Morgan fingerprint density at radius 2 is 2.21 bits per heavy atom. The van der Waals surface area contributed by atoms with Crippen LogP contribution in [0.1, 0.15) is 26.7 Å². The zero-order valence-corrected chi connectivity index (χ0v) is 10.0. The van der Waals surface area contributed by atoms with Gasteiger partial charge in [-0.2, -0.15) is 0 Å². The maximum atomic E-state index is 3.50. The number of nitrogens with one attached hydrogen (secondary N) is 1. The van der Waals surface area contributed by atoms with E-state index in [9.17, 15) is 0 Å². The van der Waals surface area contributed by atoms with Crippen molar-refractivity contribution in [2.24, 2.45) is 0 Å². The monoisotopic (exact) mass is 209 g/mol. The Bertz CT molecular complexity index is 273. The Morgan fingerprint density at radius 1 is 1.43 bits per heavy atom. The van der Waals surface area contributed by atoms with Crippen LogP contribution in [0.4, 0.5) is 5.69 Å². The van der Waals surface area contributed by atoms with Crippen molar-refractivity contribution >= 4 is 17.4 Å². The van der Waals surface area contributed by atoms with Crippen LogP contribution >= 0.6 is 11.8 Å². The highest BCUT2D eigenvalue weighted by Crippen LogP contribution is 2.19. The summed E-state index contributed by atoms with van der Waals surface area (Å²) in [5.41, 5.74) is 1.23. The van der Waals surface area contributed by atoms with E-state index < -0.39 is 0 Å². The van der Waals surface area contributed by atoms with Crippen LogP contribution in [-0.2, 0) is 0 Å². The lowest BCUT2D eigenvalue weighted by molar-refractivity contribution is 0.690. The summed E-state index contributed by atoms with van der Waals surface area (Å²) in [4.78, 5) is 1.32. The predicted octanol–water partition coefficient (Wildman–Crippen LogP) is 4.01. The largest absolute Gasteiger partial charge is 0.383 e. The van der Waals surface area contributed by atoms with Gasteiger partial charge in [0.25, 0.3) is 0 Å². The molecule has 14 heavy (non-hydrogen) atoms. The van der Waals surface area contributed by atoms with Crippen LogP contribution in [0.3, 0.4) is 0 Å². The molecule has 1 aromatic rings. The number of hydrogen-bond acceptors (Lipinski definition) is 2. The van der Waals surface area contributed by atoms with Crippen LogP contribution in [0.2, 0.25) is 0 Å². The minimum Gasteiger partial charge on any atom is -0.383 e. The molecule has 0 spiro atoms. The molecule has 1 N–H and O–H groups in total. The summed E-state index contributed by atoms with van der Waals surface area (Å²) in [5.74, 6) is 0. The second-order valence-electron chi connectivity index (χ2n) is 3.57. The first-order valence-electron chi connectivity index (χ1n) is 5.17. The minimum atomic E-state index is 0.567. The number of benzene rings is 1. The molecule has 0 bridgehead atoms. The predicted molar refractivity (Wildman–Crippen MR) is 66.2 cm³/mol. The van der Waals surface area contributed by atoms with E-state index in [0.717, 1.165) is 0 Å². The topological polar surface area (TPSA) is 12.0 Å². The third-order valence-electron chi connectivity index (χ3n) is 2.20. The van der Waals surface area contributed by atoms with E-state index in [1.807, 2.05) is 0 Å². The average molecular weight is 209 g/mol. The summed E-state index contributed by atoms with van der Waals surface area (Å²) >= 11 is 1.78. The summed E-state index contributed by atoms with van der Waals surface area (Å²) in [6.45, 7) is 4.45. The van der Waals surface area contributed by atoms with Crippen molar-refractivity contribution < 1.29 is 0 Å². The minimum absolute atomic E-state index is 0.567. The fourth-order valence-corrected chi connectivity index (χ4v) is 1.96. The van der Waals surface area contributed by atoms with Crippen molar-refractivity contribution in [2.75, 3.05) is 11.6 Å². The van der Waals surface area contributed by atoms with Gasteiger partial charge in [-0.3, -0.25) is 0 Å². The van der Waals surface area contributed by atoms with Gasteiger partial charge in [0.2, 0.25) is 0 Å². The highest BCUT2D eigenvalue weighted by molar-refractivity contribution is 7.98. The molecule has 1 rings (SSSR count). The summed E-state index contributed by atoms with van der Waals surface area (Å²) in [5, 5.41) is 3.50. The molecule has 0 unspecified atom stereocenters. The van der Waals surface area contributed by atoms with Crippen molar-refractivity contribution in [3.63, 3.8) is 0 Å². The van der Waals surface area contributed by atoms with Crippen LogP contribution in [0.15, 0.2) is 29.2 Å². The molecule has 1 aromatic carbocycles. The molecule has 1 nitrogen and oxygen atoms in total. The average Bonchev–Trinajstić information content (AvgIpc) is 2.18. The SMILES string of the molecule is CCC[C@@H](C)Nc1cccc(SC)c1. The highest BCUT2D eigenvalue weighted by Gasteiger charge is 2.00. The molecule has 0 saturated carbocycles. The molecule has 0 amide bonds. The summed E-state index contributed by atoms with van der Waals surface area (Å²) in [6, 6.07) is 9.15. The second-order valence-corrected chi connectivity index (χ2v) is 4.45. The fraction of sp³-hybridized carbons (Fsp3) is 0.500. The molecule has 78 valence electrons. The molecule has 0 heterocycles. The van der Waals surface area contributed by atoms with Crippen LogP contribution in [0, 0.1) is 0 Å². The molecule has 0 fully saturated rings. The Morgan fingerprint density at radius 3 is 2.86 bits per heavy atom. The van der Waals surface area contributed by atoms with Gasteiger partial charge in [0.05, 0.1) is 0 Å². The van der Waals surface area contributed by atoms with E-state index >= 15 is 0 Å². The first kappa shape index (κ1) is 11.4. The summed E-state index contributed by atoms with van der Waals surface area (Å²) in [6.07, 6.45) is 4.56. The molecular weight excluding hydrogens is 190 g/mol. The van der Waals surface area contributed by atoms with Crippen molar-refractivity contribution in [3.8, 4) is 0 Å². The lowest BCUT2D eigenvalue weighted by atomic mass is 10.2. The Kier molecular flexibility index (Phi) is 4.88. The van der Waals surface area contributed by atoms with E-state index in [0.29, 0.717) is 6.04 Å². The van der Waals surface area contributed by atoms with E-state index in [-0.39, 0.29) is 0 Å². The molecule has 0 aliphatic heterocycles. The zero-order valence-electron chi connectivity index (χ0n) is 9.21. The number of thioether (sulfide) groups is 1. The molecule has 0 saturated heterocycles. The van der Waals surface area contributed by atoms with E-state index in [4.69, 9.17) is 0 Å². The molecule has 2 heteroatoms. The summed E-state index contributed by atoms with van der Waals surface area (Å²) in [7, 11) is 0. The van der Waals surface area contributed by atoms with Crippen molar-refractivity contribution in [1.82, 2.24) is 0 Å². The number of hydrogen-bond donors (Lipinski definition) is 1. The Labute approximate surface area is 91.3 Å². The van der Waals surface area contributed by atoms with E-state index in [2.05, 4.69) is 49.7 Å². The Hall–Kier alpha value is -0.630. The van der Waals surface area contributed by atoms with Gasteiger partial charge in [0, 0.05) is 16.6 Å². The van der Waals surface area contributed by atoms with Gasteiger partial charge in [0.1, 0.15) is 0 Å². The molecular formula is C12H19NS. The third kappa shape index (κ3) is 3.62. The maximum absolute atomic E-state index is 3.50. The lowest BCUT2D eigenvalue weighted by Crippen LogP contribution is -2.14. The number of anilines is 1. The first-order chi connectivity index (χ1) is 6.76. The van der Waals surface area contributed by atoms with Crippen LogP contribution in [-0.4, -0.2) is 12.3 Å². The number of rotatable bonds is 5. The molecule has 1 atom stereocenters. The summed E-state index contributed by atoms with van der Waals surface area (Å²) < 4.78 is 0. The molecule has 0 aromatic heterocycles. The fourth-order valence-electron chi connectivity index (χ4n) is 1.50. The van der Waals surface area contributed by atoms with Gasteiger partial charge in [-0.15, -0.1) is 11.8 Å². The second kappa shape index (κ2) is 5.97. The first-order valence-corrected chi connectivity index (χ1v) is 6.39.